The molecule has 1 heterocycles. The summed E-state index contributed by atoms with van der Waals surface area (Å²) in [4.78, 5) is 13.4. The standard InChI is InChI=1S/C9H18N2O/c1-6(2)9(12)11-4-7(3)8(10)5-11/h6-8H,4-5,10H2,1-3H3. The van der Waals surface area contributed by atoms with Crippen molar-refractivity contribution in [3.63, 3.8) is 0 Å². The molecule has 0 aliphatic carbocycles. The quantitative estimate of drug-likeness (QED) is 0.621. The number of hydrogen-bond donors (Lipinski definition) is 1. The van der Waals surface area contributed by atoms with Crippen LogP contribution in [0.3, 0.4) is 0 Å². The van der Waals surface area contributed by atoms with Gasteiger partial charge in [0.2, 0.25) is 5.91 Å². The Morgan fingerprint density at radius 1 is 1.50 bits per heavy atom. The van der Waals surface area contributed by atoms with Gasteiger partial charge in [-0.3, -0.25) is 4.79 Å². The predicted molar refractivity (Wildman–Crippen MR) is 48.6 cm³/mol. The molecular weight excluding hydrogens is 152 g/mol. The molecule has 1 fully saturated rings. The third-order valence-electron chi connectivity index (χ3n) is 2.48. The molecule has 2 atom stereocenters. The maximum absolute atomic E-state index is 11.5. The van der Waals surface area contributed by atoms with E-state index in [1.54, 1.807) is 0 Å². The van der Waals surface area contributed by atoms with Crippen LogP contribution in [0.15, 0.2) is 0 Å². The smallest absolute Gasteiger partial charge is 0.225 e. The van der Waals surface area contributed by atoms with Gasteiger partial charge >= 0.3 is 0 Å². The molecule has 2 unspecified atom stereocenters. The molecule has 0 aromatic carbocycles. The molecule has 1 aliphatic rings. The molecule has 0 bridgehead atoms. The van der Waals surface area contributed by atoms with Crippen molar-refractivity contribution in [1.29, 1.82) is 0 Å². The first-order chi connectivity index (χ1) is 5.52. The summed E-state index contributed by atoms with van der Waals surface area (Å²) in [6.45, 7) is 7.52. The van der Waals surface area contributed by atoms with Crippen molar-refractivity contribution in [1.82, 2.24) is 4.90 Å². The van der Waals surface area contributed by atoms with Gasteiger partial charge in [0.05, 0.1) is 0 Å². The predicted octanol–water partition coefficient (Wildman–Crippen LogP) is 0.448. The van der Waals surface area contributed by atoms with Crippen LogP contribution >= 0.6 is 0 Å². The van der Waals surface area contributed by atoms with Crippen LogP contribution in [0.25, 0.3) is 0 Å². The van der Waals surface area contributed by atoms with Gasteiger partial charge in [-0.1, -0.05) is 20.8 Å². The van der Waals surface area contributed by atoms with E-state index in [9.17, 15) is 4.79 Å². The highest BCUT2D eigenvalue weighted by atomic mass is 16.2. The number of hydrogen-bond acceptors (Lipinski definition) is 2. The topological polar surface area (TPSA) is 46.3 Å². The van der Waals surface area contributed by atoms with Gasteiger partial charge in [0, 0.05) is 25.0 Å². The van der Waals surface area contributed by atoms with Crippen molar-refractivity contribution in [3.05, 3.63) is 0 Å². The van der Waals surface area contributed by atoms with Crippen molar-refractivity contribution < 1.29 is 4.79 Å². The lowest BCUT2D eigenvalue weighted by Crippen LogP contribution is -2.34. The summed E-state index contributed by atoms with van der Waals surface area (Å²) in [7, 11) is 0. The summed E-state index contributed by atoms with van der Waals surface area (Å²) in [5, 5.41) is 0. The first-order valence-electron chi connectivity index (χ1n) is 4.56. The molecule has 3 nitrogen and oxygen atoms in total. The Morgan fingerprint density at radius 3 is 2.42 bits per heavy atom. The van der Waals surface area contributed by atoms with Gasteiger partial charge in [0.25, 0.3) is 0 Å². The zero-order chi connectivity index (χ0) is 9.30. The first kappa shape index (κ1) is 9.52. The third kappa shape index (κ3) is 1.78. The second-order valence-electron chi connectivity index (χ2n) is 4.04. The van der Waals surface area contributed by atoms with E-state index in [0.717, 1.165) is 13.1 Å². The molecule has 12 heavy (non-hydrogen) atoms. The van der Waals surface area contributed by atoms with Gasteiger partial charge in [-0.25, -0.2) is 0 Å². The summed E-state index contributed by atoms with van der Waals surface area (Å²) in [5.74, 6) is 0.782. The molecule has 0 spiro atoms. The van der Waals surface area contributed by atoms with Crippen LogP contribution < -0.4 is 5.73 Å². The van der Waals surface area contributed by atoms with Gasteiger partial charge in [-0.15, -0.1) is 0 Å². The highest BCUT2D eigenvalue weighted by Crippen LogP contribution is 2.16. The molecule has 1 aliphatic heterocycles. The maximum atomic E-state index is 11.5. The van der Waals surface area contributed by atoms with Gasteiger partial charge in [0.1, 0.15) is 0 Å². The fourth-order valence-corrected chi connectivity index (χ4v) is 1.54. The van der Waals surface area contributed by atoms with Crippen molar-refractivity contribution in [2.75, 3.05) is 13.1 Å². The van der Waals surface area contributed by atoms with E-state index in [1.165, 1.54) is 0 Å². The van der Waals surface area contributed by atoms with Gasteiger partial charge < -0.3 is 10.6 Å². The van der Waals surface area contributed by atoms with E-state index < -0.39 is 0 Å². The number of rotatable bonds is 1. The van der Waals surface area contributed by atoms with Crippen molar-refractivity contribution in [2.45, 2.75) is 26.8 Å². The molecular formula is C9H18N2O. The molecule has 70 valence electrons. The molecule has 3 heteroatoms. The lowest BCUT2D eigenvalue weighted by molar-refractivity contribution is -0.133. The zero-order valence-corrected chi connectivity index (χ0v) is 8.08. The van der Waals surface area contributed by atoms with Crippen LogP contribution in [0.1, 0.15) is 20.8 Å². The molecule has 0 aromatic heterocycles. The second kappa shape index (κ2) is 3.44. The normalized spacial score (nSPS) is 29.9. The Morgan fingerprint density at radius 2 is 2.08 bits per heavy atom. The number of nitrogens with zero attached hydrogens (tertiary/aromatic N) is 1. The fourth-order valence-electron chi connectivity index (χ4n) is 1.54. The van der Waals surface area contributed by atoms with E-state index in [0.29, 0.717) is 5.92 Å². The second-order valence-corrected chi connectivity index (χ2v) is 4.04. The van der Waals surface area contributed by atoms with Crippen molar-refractivity contribution >= 4 is 5.91 Å². The van der Waals surface area contributed by atoms with Crippen LogP contribution in [-0.2, 0) is 4.79 Å². The first-order valence-corrected chi connectivity index (χ1v) is 4.56. The zero-order valence-electron chi connectivity index (χ0n) is 8.08. The van der Waals surface area contributed by atoms with E-state index in [1.807, 2.05) is 18.7 Å². The maximum Gasteiger partial charge on any atom is 0.225 e. The Bertz CT molecular complexity index is 169. The number of nitrogens with two attached hydrogens (primary N) is 1. The largest absolute Gasteiger partial charge is 0.341 e. The summed E-state index contributed by atoms with van der Waals surface area (Å²) in [5.41, 5.74) is 5.81. The number of carbonyl (C=O) groups is 1. The third-order valence-corrected chi connectivity index (χ3v) is 2.48. The molecule has 0 aromatic rings. The SMILES string of the molecule is CC(C)C(=O)N1CC(C)C(N)C1. The molecule has 1 rings (SSSR count). The summed E-state index contributed by atoms with van der Waals surface area (Å²) in [6.07, 6.45) is 0. The average molecular weight is 170 g/mol. The molecule has 1 amide bonds. The minimum atomic E-state index is 0.0995. The van der Waals surface area contributed by atoms with E-state index in [2.05, 4.69) is 6.92 Å². The van der Waals surface area contributed by atoms with Crippen LogP contribution in [0.5, 0.6) is 0 Å². The summed E-state index contributed by atoms with van der Waals surface area (Å²) < 4.78 is 0. The molecule has 1 saturated heterocycles. The van der Waals surface area contributed by atoms with Gasteiger partial charge in [-0.2, -0.15) is 0 Å². The van der Waals surface area contributed by atoms with Crippen LogP contribution in [-0.4, -0.2) is 29.9 Å². The summed E-state index contributed by atoms with van der Waals surface area (Å²) >= 11 is 0. The number of likely N-dealkylation sites (tertiary alicyclic amines) is 1. The van der Waals surface area contributed by atoms with Crippen LogP contribution in [0.4, 0.5) is 0 Å². The Balaban J connectivity index is 2.52. The number of amides is 1. The Hall–Kier alpha value is -0.570. The van der Waals surface area contributed by atoms with Crippen LogP contribution in [0.2, 0.25) is 0 Å². The Labute approximate surface area is 73.9 Å². The summed E-state index contributed by atoms with van der Waals surface area (Å²) in [6, 6.07) is 0.174. The fraction of sp³-hybridized carbons (Fsp3) is 0.889. The monoisotopic (exact) mass is 170 g/mol. The van der Waals surface area contributed by atoms with E-state index in [-0.39, 0.29) is 17.9 Å². The van der Waals surface area contributed by atoms with Crippen molar-refractivity contribution in [3.8, 4) is 0 Å². The number of carbonyl (C=O) groups excluding carboxylic acids is 1. The lowest BCUT2D eigenvalue weighted by atomic mass is 10.1. The highest BCUT2D eigenvalue weighted by molar-refractivity contribution is 5.78. The molecule has 0 saturated carbocycles. The van der Waals surface area contributed by atoms with E-state index in [4.69, 9.17) is 5.73 Å². The Kier molecular flexibility index (Phi) is 2.73. The van der Waals surface area contributed by atoms with Gasteiger partial charge in [-0.05, 0) is 5.92 Å². The minimum Gasteiger partial charge on any atom is -0.341 e. The minimum absolute atomic E-state index is 0.0995. The highest BCUT2D eigenvalue weighted by Gasteiger charge is 2.30. The van der Waals surface area contributed by atoms with Crippen LogP contribution in [0, 0.1) is 11.8 Å². The lowest BCUT2D eigenvalue weighted by Gasteiger charge is -2.17. The van der Waals surface area contributed by atoms with Gasteiger partial charge in [0.15, 0.2) is 0 Å². The van der Waals surface area contributed by atoms with E-state index >= 15 is 0 Å². The average Bonchev–Trinajstić information content (AvgIpc) is 2.30. The molecule has 0 radical (unpaired) electrons. The van der Waals surface area contributed by atoms with Crippen molar-refractivity contribution in [2.24, 2.45) is 17.6 Å². The molecule has 2 N–H and O–H groups in total.